The van der Waals surface area contributed by atoms with E-state index in [1.165, 1.54) is 20.2 Å². The summed E-state index contributed by atoms with van der Waals surface area (Å²) in [6, 6.07) is 7.45. The summed E-state index contributed by atoms with van der Waals surface area (Å²) in [4.78, 5) is 4.23. The summed E-state index contributed by atoms with van der Waals surface area (Å²) in [5, 5.41) is 5.81. The van der Waals surface area contributed by atoms with Crippen LogP contribution in [0.25, 0.3) is 0 Å². The molecule has 0 amide bonds. The second kappa shape index (κ2) is 5.34. The van der Waals surface area contributed by atoms with Crippen LogP contribution in [-0.4, -0.2) is 0 Å². The van der Waals surface area contributed by atoms with Gasteiger partial charge >= 0.3 is 0 Å². The summed E-state index contributed by atoms with van der Waals surface area (Å²) in [6.07, 6.45) is 0. The Kier molecular flexibility index (Phi) is 4.02. The summed E-state index contributed by atoms with van der Waals surface area (Å²) in [5.41, 5.74) is 1.44. The van der Waals surface area contributed by atoms with Crippen molar-refractivity contribution >= 4 is 22.7 Å². The number of hydrogen-bond acceptors (Lipinski definition) is 3. The Labute approximate surface area is 112 Å². The van der Waals surface area contributed by atoms with Gasteiger partial charge in [0.1, 0.15) is 0 Å². The first-order valence-electron chi connectivity index (χ1n) is 5.94. The molecule has 2 heterocycles. The van der Waals surface area contributed by atoms with Crippen LogP contribution in [-0.2, 0) is 0 Å². The molecular weight excluding hydrogens is 246 g/mol. The van der Waals surface area contributed by atoms with Gasteiger partial charge in [-0.15, -0.1) is 22.7 Å². The first kappa shape index (κ1) is 12.8. The largest absolute Gasteiger partial charge is 0.303 e. The van der Waals surface area contributed by atoms with Crippen LogP contribution in [0.1, 0.15) is 46.1 Å². The van der Waals surface area contributed by atoms with Gasteiger partial charge in [0.05, 0.1) is 0 Å². The fraction of sp³-hybridized carbons (Fsp3) is 0.429. The van der Waals surface area contributed by atoms with Crippen LogP contribution in [0.3, 0.4) is 0 Å². The van der Waals surface area contributed by atoms with Crippen LogP contribution in [0, 0.1) is 13.8 Å². The SMILES string of the molecule is Cc1cc(C(C)N[C@H](C)c2cccs2)c(C)s1. The Bertz CT molecular complexity index is 470. The van der Waals surface area contributed by atoms with E-state index >= 15 is 0 Å². The first-order valence-corrected chi connectivity index (χ1v) is 7.64. The lowest BCUT2D eigenvalue weighted by Crippen LogP contribution is -2.21. The molecule has 0 radical (unpaired) electrons. The van der Waals surface area contributed by atoms with E-state index < -0.39 is 0 Å². The standard InChI is InChI=1S/C14H19NS2/c1-9-8-13(12(4)17-9)10(2)15-11(3)14-6-5-7-16-14/h5-8,10-11,15H,1-4H3/t10?,11-/m1/s1. The minimum atomic E-state index is 0.414. The maximum atomic E-state index is 3.67. The molecule has 0 bridgehead atoms. The molecule has 0 aliphatic heterocycles. The van der Waals surface area contributed by atoms with Gasteiger partial charge in [0, 0.05) is 26.7 Å². The molecule has 0 spiro atoms. The molecule has 2 aromatic heterocycles. The lowest BCUT2D eigenvalue weighted by Gasteiger charge is -2.19. The molecule has 2 atom stereocenters. The molecule has 1 nitrogen and oxygen atoms in total. The fourth-order valence-corrected chi connectivity index (χ4v) is 3.93. The summed E-state index contributed by atoms with van der Waals surface area (Å²) >= 11 is 3.70. The van der Waals surface area contributed by atoms with Crippen molar-refractivity contribution in [2.24, 2.45) is 0 Å². The van der Waals surface area contributed by atoms with Gasteiger partial charge in [-0.2, -0.15) is 0 Å². The molecule has 0 aromatic carbocycles. The zero-order chi connectivity index (χ0) is 12.4. The van der Waals surface area contributed by atoms with Crippen molar-refractivity contribution in [3.05, 3.63) is 43.8 Å². The van der Waals surface area contributed by atoms with Gasteiger partial charge in [-0.25, -0.2) is 0 Å². The van der Waals surface area contributed by atoms with Crippen molar-refractivity contribution in [1.29, 1.82) is 0 Å². The molecule has 2 rings (SSSR count). The van der Waals surface area contributed by atoms with E-state index in [1.807, 2.05) is 22.7 Å². The van der Waals surface area contributed by atoms with Crippen molar-refractivity contribution in [3.8, 4) is 0 Å². The van der Waals surface area contributed by atoms with E-state index in [9.17, 15) is 0 Å². The van der Waals surface area contributed by atoms with Crippen molar-refractivity contribution in [3.63, 3.8) is 0 Å². The minimum absolute atomic E-state index is 0.414. The Morgan fingerprint density at radius 3 is 2.47 bits per heavy atom. The summed E-state index contributed by atoms with van der Waals surface area (Å²) < 4.78 is 0. The van der Waals surface area contributed by atoms with Crippen molar-refractivity contribution < 1.29 is 0 Å². The zero-order valence-electron chi connectivity index (χ0n) is 10.8. The average Bonchev–Trinajstić information content (AvgIpc) is 2.87. The molecule has 3 heteroatoms. The molecule has 1 N–H and O–H groups in total. The molecule has 0 saturated carbocycles. The summed E-state index contributed by atoms with van der Waals surface area (Å²) in [5.74, 6) is 0. The van der Waals surface area contributed by atoms with Gasteiger partial charge in [0.25, 0.3) is 0 Å². The maximum absolute atomic E-state index is 3.67. The molecular formula is C14H19NS2. The summed E-state index contributed by atoms with van der Waals surface area (Å²) in [7, 11) is 0. The Balaban J connectivity index is 2.06. The molecule has 0 aliphatic rings. The van der Waals surface area contributed by atoms with Gasteiger partial charge in [0.15, 0.2) is 0 Å². The number of rotatable bonds is 4. The monoisotopic (exact) mass is 265 g/mol. The van der Waals surface area contributed by atoms with E-state index in [1.54, 1.807) is 0 Å². The quantitative estimate of drug-likeness (QED) is 0.834. The smallest absolute Gasteiger partial charge is 0.0391 e. The average molecular weight is 265 g/mol. The van der Waals surface area contributed by atoms with Gasteiger partial charge in [-0.3, -0.25) is 0 Å². The normalized spacial score (nSPS) is 14.8. The minimum Gasteiger partial charge on any atom is -0.303 e. The van der Waals surface area contributed by atoms with Gasteiger partial charge in [-0.05, 0) is 50.8 Å². The molecule has 2 aromatic rings. The van der Waals surface area contributed by atoms with Crippen LogP contribution >= 0.6 is 22.7 Å². The third kappa shape index (κ3) is 2.97. The summed E-state index contributed by atoms with van der Waals surface area (Å²) in [6.45, 7) is 8.87. The van der Waals surface area contributed by atoms with E-state index in [2.05, 4.69) is 56.6 Å². The third-order valence-corrected chi connectivity index (χ3v) is 5.05. The highest BCUT2D eigenvalue weighted by molar-refractivity contribution is 7.12. The van der Waals surface area contributed by atoms with E-state index in [4.69, 9.17) is 0 Å². The highest BCUT2D eigenvalue weighted by atomic mass is 32.1. The van der Waals surface area contributed by atoms with Crippen molar-refractivity contribution in [2.45, 2.75) is 39.8 Å². The van der Waals surface area contributed by atoms with E-state index in [0.29, 0.717) is 12.1 Å². The second-order valence-electron chi connectivity index (χ2n) is 4.49. The van der Waals surface area contributed by atoms with Gasteiger partial charge in [-0.1, -0.05) is 6.07 Å². The Morgan fingerprint density at radius 2 is 1.94 bits per heavy atom. The first-order chi connectivity index (χ1) is 8.08. The Hall–Kier alpha value is -0.640. The predicted octanol–water partition coefficient (Wildman–Crippen LogP) is 4.84. The number of hydrogen-bond donors (Lipinski definition) is 1. The Morgan fingerprint density at radius 1 is 1.18 bits per heavy atom. The van der Waals surface area contributed by atoms with Crippen molar-refractivity contribution in [1.82, 2.24) is 5.32 Å². The van der Waals surface area contributed by atoms with Crippen LogP contribution in [0.5, 0.6) is 0 Å². The van der Waals surface area contributed by atoms with Crippen LogP contribution in [0.15, 0.2) is 23.6 Å². The third-order valence-electron chi connectivity index (χ3n) is 3.02. The molecule has 1 unspecified atom stereocenters. The van der Waals surface area contributed by atoms with Gasteiger partial charge < -0.3 is 5.32 Å². The molecule has 0 aliphatic carbocycles. The maximum Gasteiger partial charge on any atom is 0.0391 e. The molecule has 0 fully saturated rings. The van der Waals surface area contributed by atoms with Gasteiger partial charge in [0.2, 0.25) is 0 Å². The van der Waals surface area contributed by atoms with Crippen LogP contribution in [0.2, 0.25) is 0 Å². The van der Waals surface area contributed by atoms with Crippen LogP contribution in [0.4, 0.5) is 0 Å². The fourth-order valence-electron chi connectivity index (χ4n) is 2.16. The number of aryl methyl sites for hydroxylation is 2. The van der Waals surface area contributed by atoms with E-state index in [-0.39, 0.29) is 0 Å². The topological polar surface area (TPSA) is 12.0 Å². The van der Waals surface area contributed by atoms with Crippen LogP contribution < -0.4 is 5.32 Å². The lowest BCUT2D eigenvalue weighted by molar-refractivity contribution is 0.499. The number of thiophene rings is 2. The molecule has 0 saturated heterocycles. The lowest BCUT2D eigenvalue weighted by atomic mass is 10.1. The van der Waals surface area contributed by atoms with E-state index in [0.717, 1.165) is 0 Å². The highest BCUT2D eigenvalue weighted by Gasteiger charge is 2.14. The highest BCUT2D eigenvalue weighted by Crippen LogP contribution is 2.28. The zero-order valence-corrected chi connectivity index (χ0v) is 12.4. The molecule has 92 valence electrons. The van der Waals surface area contributed by atoms with Crippen molar-refractivity contribution in [2.75, 3.05) is 0 Å². The predicted molar refractivity (Wildman–Crippen MR) is 78.1 cm³/mol. The number of nitrogens with one attached hydrogen (secondary N) is 1. The molecule has 17 heavy (non-hydrogen) atoms. The second-order valence-corrected chi connectivity index (χ2v) is 6.93.